The third-order valence-electron chi connectivity index (χ3n) is 4.22. The fraction of sp³-hybridized carbons (Fsp3) is 0.500. The van der Waals surface area contributed by atoms with Crippen LogP contribution in [0.5, 0.6) is 0 Å². The van der Waals surface area contributed by atoms with E-state index in [9.17, 15) is 9.90 Å². The first-order chi connectivity index (χ1) is 8.22. The predicted molar refractivity (Wildman–Crippen MR) is 64.4 cm³/mol. The van der Waals surface area contributed by atoms with E-state index >= 15 is 0 Å². The highest BCUT2D eigenvalue weighted by Crippen LogP contribution is 2.42. The monoisotopic (exact) mass is 231 g/mol. The molecule has 1 amide bonds. The van der Waals surface area contributed by atoms with Crippen LogP contribution in [0.4, 0.5) is 0 Å². The Labute approximate surface area is 101 Å². The first-order valence-corrected chi connectivity index (χ1v) is 6.27. The Bertz CT molecular complexity index is 447. The van der Waals surface area contributed by atoms with Gasteiger partial charge in [0.2, 0.25) is 5.91 Å². The van der Waals surface area contributed by atoms with Crippen LogP contribution in [0.1, 0.15) is 36.8 Å². The first-order valence-electron chi connectivity index (χ1n) is 6.27. The molecule has 1 aromatic rings. The molecule has 90 valence electrons. The van der Waals surface area contributed by atoms with Crippen LogP contribution < -0.4 is 5.32 Å². The number of amides is 1. The zero-order chi connectivity index (χ0) is 11.9. The molecule has 0 unspecified atom stereocenters. The SMILES string of the molecule is O=C1NCc2ccccc2C12CCC(O)CC2. The molecule has 2 aliphatic rings. The van der Waals surface area contributed by atoms with E-state index < -0.39 is 0 Å². The summed E-state index contributed by atoms with van der Waals surface area (Å²) in [7, 11) is 0. The second kappa shape index (κ2) is 3.84. The van der Waals surface area contributed by atoms with Crippen molar-refractivity contribution in [1.82, 2.24) is 5.32 Å². The lowest BCUT2D eigenvalue weighted by Crippen LogP contribution is -2.51. The van der Waals surface area contributed by atoms with E-state index in [2.05, 4.69) is 17.4 Å². The molecule has 0 saturated heterocycles. The van der Waals surface area contributed by atoms with Crippen LogP contribution in [-0.2, 0) is 16.8 Å². The van der Waals surface area contributed by atoms with Gasteiger partial charge in [-0.3, -0.25) is 4.79 Å². The number of carbonyl (C=O) groups excluding carboxylic acids is 1. The average molecular weight is 231 g/mol. The van der Waals surface area contributed by atoms with Crippen molar-refractivity contribution in [2.45, 2.75) is 43.7 Å². The van der Waals surface area contributed by atoms with Gasteiger partial charge in [-0.05, 0) is 36.8 Å². The van der Waals surface area contributed by atoms with E-state index in [-0.39, 0.29) is 17.4 Å². The third kappa shape index (κ3) is 1.57. The summed E-state index contributed by atoms with van der Waals surface area (Å²) < 4.78 is 0. The number of hydrogen-bond acceptors (Lipinski definition) is 2. The number of benzene rings is 1. The van der Waals surface area contributed by atoms with E-state index in [1.54, 1.807) is 0 Å². The standard InChI is InChI=1S/C14H17NO2/c16-11-5-7-14(8-6-11)12-4-2-1-3-10(12)9-15-13(14)17/h1-4,11,16H,5-9H2,(H,15,17). The minimum atomic E-state index is -0.381. The van der Waals surface area contributed by atoms with E-state index in [4.69, 9.17) is 0 Å². The Morgan fingerprint density at radius 2 is 1.94 bits per heavy atom. The molecule has 17 heavy (non-hydrogen) atoms. The maximum absolute atomic E-state index is 12.2. The van der Waals surface area contributed by atoms with E-state index in [0.717, 1.165) is 25.7 Å². The minimum absolute atomic E-state index is 0.142. The summed E-state index contributed by atoms with van der Waals surface area (Å²) in [6, 6.07) is 8.18. The molecule has 0 aromatic heterocycles. The number of aliphatic hydroxyl groups is 1. The number of aliphatic hydroxyl groups excluding tert-OH is 1. The summed E-state index contributed by atoms with van der Waals surface area (Å²) in [5.41, 5.74) is 2.02. The molecule has 1 saturated carbocycles. The van der Waals surface area contributed by atoms with Crippen molar-refractivity contribution in [1.29, 1.82) is 0 Å². The van der Waals surface area contributed by atoms with Crippen LogP contribution in [0.3, 0.4) is 0 Å². The van der Waals surface area contributed by atoms with Crippen LogP contribution in [0.25, 0.3) is 0 Å². The maximum atomic E-state index is 12.2. The van der Waals surface area contributed by atoms with Gasteiger partial charge in [-0.2, -0.15) is 0 Å². The van der Waals surface area contributed by atoms with E-state index in [1.807, 2.05) is 12.1 Å². The van der Waals surface area contributed by atoms with Crippen LogP contribution >= 0.6 is 0 Å². The highest BCUT2D eigenvalue weighted by Gasteiger charge is 2.45. The molecule has 2 N–H and O–H groups in total. The van der Waals surface area contributed by atoms with Crippen molar-refractivity contribution in [2.24, 2.45) is 0 Å². The zero-order valence-electron chi connectivity index (χ0n) is 9.78. The molecular formula is C14H17NO2. The van der Waals surface area contributed by atoms with Gasteiger partial charge in [0.25, 0.3) is 0 Å². The molecule has 1 fully saturated rings. The Kier molecular flexibility index (Phi) is 2.44. The molecule has 1 spiro atoms. The lowest BCUT2D eigenvalue weighted by Gasteiger charge is -2.41. The average Bonchev–Trinajstić information content (AvgIpc) is 2.37. The first kappa shape index (κ1) is 10.8. The van der Waals surface area contributed by atoms with Gasteiger partial charge >= 0.3 is 0 Å². The molecule has 3 nitrogen and oxygen atoms in total. The van der Waals surface area contributed by atoms with Gasteiger partial charge in [-0.15, -0.1) is 0 Å². The molecule has 0 atom stereocenters. The topological polar surface area (TPSA) is 49.3 Å². The van der Waals surface area contributed by atoms with E-state index in [0.29, 0.717) is 6.54 Å². The highest BCUT2D eigenvalue weighted by molar-refractivity contribution is 5.90. The zero-order valence-corrected chi connectivity index (χ0v) is 9.78. The number of rotatable bonds is 0. The number of carbonyl (C=O) groups is 1. The predicted octanol–water partition coefficient (Wildman–Crippen LogP) is 1.49. The highest BCUT2D eigenvalue weighted by atomic mass is 16.3. The molecule has 0 bridgehead atoms. The Hall–Kier alpha value is -1.35. The summed E-state index contributed by atoms with van der Waals surface area (Å²) >= 11 is 0. The second-order valence-electron chi connectivity index (χ2n) is 5.15. The Morgan fingerprint density at radius 1 is 1.24 bits per heavy atom. The van der Waals surface area contributed by atoms with Crippen LogP contribution in [0.2, 0.25) is 0 Å². The summed E-state index contributed by atoms with van der Waals surface area (Å²) in [4.78, 5) is 12.2. The third-order valence-corrected chi connectivity index (χ3v) is 4.22. The lowest BCUT2D eigenvalue weighted by atomic mass is 9.65. The van der Waals surface area contributed by atoms with Gasteiger partial charge < -0.3 is 10.4 Å². The molecule has 1 heterocycles. The molecule has 3 rings (SSSR count). The van der Waals surface area contributed by atoms with Crippen LogP contribution in [0, 0.1) is 0 Å². The van der Waals surface area contributed by atoms with Crippen molar-refractivity contribution in [3.63, 3.8) is 0 Å². The lowest BCUT2D eigenvalue weighted by molar-refractivity contribution is -0.129. The van der Waals surface area contributed by atoms with Crippen molar-refractivity contribution < 1.29 is 9.90 Å². The van der Waals surface area contributed by atoms with Crippen molar-refractivity contribution in [3.05, 3.63) is 35.4 Å². The molecule has 0 radical (unpaired) electrons. The van der Waals surface area contributed by atoms with Gasteiger partial charge in [0.1, 0.15) is 0 Å². The van der Waals surface area contributed by atoms with Crippen molar-refractivity contribution in [3.8, 4) is 0 Å². The van der Waals surface area contributed by atoms with E-state index in [1.165, 1.54) is 11.1 Å². The van der Waals surface area contributed by atoms with Gasteiger partial charge in [-0.25, -0.2) is 0 Å². The summed E-state index contributed by atoms with van der Waals surface area (Å²) in [6.07, 6.45) is 2.74. The number of fused-ring (bicyclic) bond motifs is 2. The normalized spacial score (nSPS) is 32.1. The van der Waals surface area contributed by atoms with Gasteiger partial charge in [0, 0.05) is 6.54 Å². The fourth-order valence-electron chi connectivity index (χ4n) is 3.20. The fourth-order valence-corrected chi connectivity index (χ4v) is 3.20. The Balaban J connectivity index is 2.06. The largest absolute Gasteiger partial charge is 0.393 e. The summed E-state index contributed by atoms with van der Waals surface area (Å²) in [5, 5.41) is 12.6. The maximum Gasteiger partial charge on any atom is 0.230 e. The van der Waals surface area contributed by atoms with Crippen molar-refractivity contribution in [2.75, 3.05) is 0 Å². The van der Waals surface area contributed by atoms with Gasteiger partial charge in [0.05, 0.1) is 11.5 Å². The summed E-state index contributed by atoms with van der Waals surface area (Å²) in [5.74, 6) is 0.142. The summed E-state index contributed by atoms with van der Waals surface area (Å²) in [6.45, 7) is 0.638. The van der Waals surface area contributed by atoms with Gasteiger partial charge in [-0.1, -0.05) is 24.3 Å². The van der Waals surface area contributed by atoms with Crippen molar-refractivity contribution >= 4 is 5.91 Å². The number of hydrogen-bond donors (Lipinski definition) is 2. The quantitative estimate of drug-likeness (QED) is 0.710. The number of nitrogens with one attached hydrogen (secondary N) is 1. The molecule has 1 aliphatic carbocycles. The Morgan fingerprint density at radius 3 is 2.71 bits per heavy atom. The second-order valence-corrected chi connectivity index (χ2v) is 5.15. The molecule has 1 aliphatic heterocycles. The molecule has 3 heteroatoms. The van der Waals surface area contributed by atoms with Gasteiger partial charge in [0.15, 0.2) is 0 Å². The van der Waals surface area contributed by atoms with Crippen LogP contribution in [-0.4, -0.2) is 17.1 Å². The molecular weight excluding hydrogens is 214 g/mol. The minimum Gasteiger partial charge on any atom is -0.393 e. The smallest absolute Gasteiger partial charge is 0.230 e. The molecule has 1 aromatic carbocycles. The van der Waals surface area contributed by atoms with Crippen LogP contribution in [0.15, 0.2) is 24.3 Å².